The van der Waals surface area contributed by atoms with Gasteiger partial charge in [-0.2, -0.15) is 0 Å². The minimum Gasteiger partial charge on any atom is -0.504 e. The Morgan fingerprint density at radius 1 is 1.03 bits per heavy atom. The minimum atomic E-state index is -3.49. The monoisotopic (exact) mass is 513 g/mol. The molecule has 0 aromatic heterocycles. The van der Waals surface area contributed by atoms with E-state index >= 15 is 0 Å². The summed E-state index contributed by atoms with van der Waals surface area (Å²) in [5.74, 6) is -0.470. The molecule has 0 aliphatic carbocycles. The zero-order chi connectivity index (χ0) is 26.1. The number of hydrogen-bond acceptors (Lipinski definition) is 6. The topological polar surface area (TPSA) is 119 Å². The Hall–Kier alpha value is -2.91. The van der Waals surface area contributed by atoms with Crippen LogP contribution >= 0.6 is 0 Å². The van der Waals surface area contributed by atoms with Crippen molar-refractivity contribution < 1.29 is 23.4 Å². The Bertz CT molecular complexity index is 1270. The second-order valence-corrected chi connectivity index (χ2v) is 12.0. The largest absolute Gasteiger partial charge is 0.504 e. The van der Waals surface area contributed by atoms with Gasteiger partial charge >= 0.3 is 0 Å². The second kappa shape index (κ2) is 10.2. The number of aliphatic imine (C=N–C) groups is 1. The van der Waals surface area contributed by atoms with Crippen LogP contribution in [-0.2, 0) is 27.7 Å². The molecule has 1 spiro atoms. The van der Waals surface area contributed by atoms with E-state index < -0.39 is 15.6 Å². The summed E-state index contributed by atoms with van der Waals surface area (Å²) in [6, 6.07) is 8.59. The van der Waals surface area contributed by atoms with Gasteiger partial charge in [0, 0.05) is 18.7 Å². The highest BCUT2D eigenvalue weighted by Gasteiger charge is 2.47. The fourth-order valence-corrected chi connectivity index (χ4v) is 6.62. The molecule has 2 aromatic rings. The van der Waals surface area contributed by atoms with E-state index in [1.807, 2.05) is 0 Å². The quantitative estimate of drug-likeness (QED) is 0.468. The van der Waals surface area contributed by atoms with Gasteiger partial charge in [-0.3, -0.25) is 9.79 Å². The van der Waals surface area contributed by atoms with E-state index in [0.717, 1.165) is 36.0 Å². The number of phenolic OH excluding ortho intramolecular Hbond substituents is 2. The number of amidine groups is 1. The maximum absolute atomic E-state index is 13.2. The van der Waals surface area contributed by atoms with Gasteiger partial charge in [0.1, 0.15) is 11.4 Å². The fourth-order valence-electron chi connectivity index (χ4n) is 5.16. The summed E-state index contributed by atoms with van der Waals surface area (Å²) in [5.41, 5.74) is 4.14. The van der Waals surface area contributed by atoms with Crippen LogP contribution in [0.4, 0.5) is 0 Å². The van der Waals surface area contributed by atoms with Gasteiger partial charge in [-0.15, -0.1) is 0 Å². The van der Waals surface area contributed by atoms with Crippen molar-refractivity contribution in [2.45, 2.75) is 64.8 Å². The molecule has 0 radical (unpaired) electrons. The molecule has 1 saturated heterocycles. The number of hydrogen-bond donors (Lipinski definition) is 3. The lowest BCUT2D eigenvalue weighted by Gasteiger charge is -2.34. The Balaban J connectivity index is 1.41. The number of unbranched alkanes of at least 4 members (excludes halogenated alkanes) is 1. The molecule has 8 nitrogen and oxygen atoms in total. The third-order valence-electron chi connectivity index (χ3n) is 7.36. The Morgan fingerprint density at radius 2 is 1.69 bits per heavy atom. The molecule has 2 aliphatic heterocycles. The number of nitrogens with one attached hydrogen (secondary N) is 1. The summed E-state index contributed by atoms with van der Waals surface area (Å²) < 4.78 is 27.8. The Kier molecular flexibility index (Phi) is 7.43. The molecule has 0 saturated carbocycles. The van der Waals surface area contributed by atoms with Gasteiger partial charge in [-0.25, -0.2) is 12.7 Å². The zero-order valence-corrected chi connectivity index (χ0v) is 22.0. The fraction of sp³-hybridized carbons (Fsp3) is 0.481. The first-order valence-corrected chi connectivity index (χ1v) is 14.2. The van der Waals surface area contributed by atoms with Gasteiger partial charge in [0.05, 0.1) is 5.75 Å². The molecule has 9 heteroatoms. The van der Waals surface area contributed by atoms with Gasteiger partial charge in [0.15, 0.2) is 11.5 Å². The predicted molar refractivity (Wildman–Crippen MR) is 140 cm³/mol. The van der Waals surface area contributed by atoms with Crippen LogP contribution in [-0.4, -0.2) is 59.1 Å². The first kappa shape index (κ1) is 26.2. The number of nitrogens with zero attached hydrogens (tertiary/aromatic N) is 2. The lowest BCUT2D eigenvalue weighted by Crippen LogP contribution is -2.50. The standard InChI is InChI=1S/C27H35N3O5S/c1-4-5-6-20-15-18(2)22(19(3)16-20)9-14-36(34,35)30-12-10-27(11-13-30)26(33)28-25(29-27)21-7-8-23(31)24(32)17-21/h7-8,15-17,31-32H,4-6,9-14H2,1-3H3,(H,28,29,33). The van der Waals surface area contributed by atoms with Crippen molar-refractivity contribution in [2.75, 3.05) is 18.8 Å². The van der Waals surface area contributed by atoms with Gasteiger partial charge in [0.2, 0.25) is 10.0 Å². The summed E-state index contributed by atoms with van der Waals surface area (Å²) in [4.78, 5) is 17.4. The van der Waals surface area contributed by atoms with E-state index in [4.69, 9.17) is 0 Å². The molecular formula is C27H35N3O5S. The number of carbonyl (C=O) groups is 1. The number of phenols is 2. The molecule has 0 unspecified atom stereocenters. The number of aryl methyl sites for hydroxylation is 3. The van der Waals surface area contributed by atoms with Gasteiger partial charge < -0.3 is 15.5 Å². The number of aromatic hydroxyl groups is 2. The van der Waals surface area contributed by atoms with Gasteiger partial charge in [-0.1, -0.05) is 25.5 Å². The van der Waals surface area contributed by atoms with Gasteiger partial charge in [-0.05, 0) is 86.4 Å². The molecule has 0 atom stereocenters. The number of benzene rings is 2. The van der Waals surface area contributed by atoms with Crippen molar-refractivity contribution in [3.63, 3.8) is 0 Å². The number of rotatable bonds is 8. The molecule has 0 bridgehead atoms. The molecule has 2 aromatic carbocycles. The van der Waals surface area contributed by atoms with E-state index in [2.05, 4.69) is 43.2 Å². The SMILES string of the molecule is CCCCc1cc(C)c(CCS(=O)(=O)N2CCC3(CC2)N=C(c2ccc(O)c(O)c2)NC3=O)c(C)c1. The lowest BCUT2D eigenvalue weighted by molar-refractivity contribution is -0.124. The van der Waals surface area contributed by atoms with Crippen LogP contribution in [0.1, 0.15) is 60.4 Å². The van der Waals surface area contributed by atoms with Crippen LogP contribution in [0, 0.1) is 13.8 Å². The molecule has 36 heavy (non-hydrogen) atoms. The molecule has 2 heterocycles. The molecule has 3 N–H and O–H groups in total. The van der Waals surface area contributed by atoms with Crippen LogP contribution in [0.3, 0.4) is 0 Å². The van der Waals surface area contributed by atoms with Crippen LogP contribution < -0.4 is 5.32 Å². The third-order valence-corrected chi connectivity index (χ3v) is 9.23. The van der Waals surface area contributed by atoms with E-state index in [1.54, 1.807) is 6.07 Å². The predicted octanol–water partition coefficient (Wildman–Crippen LogP) is 3.34. The summed E-state index contributed by atoms with van der Waals surface area (Å²) in [6.07, 6.45) is 4.36. The van der Waals surface area contributed by atoms with E-state index in [9.17, 15) is 23.4 Å². The van der Waals surface area contributed by atoms with Crippen molar-refractivity contribution >= 4 is 21.8 Å². The Labute approximate surface area is 213 Å². The highest BCUT2D eigenvalue weighted by atomic mass is 32.2. The number of sulfonamides is 1. The maximum Gasteiger partial charge on any atom is 0.253 e. The molecule has 1 amide bonds. The molecule has 1 fully saturated rings. The van der Waals surface area contributed by atoms with Crippen molar-refractivity contribution in [2.24, 2.45) is 4.99 Å². The summed E-state index contributed by atoms with van der Waals surface area (Å²) >= 11 is 0. The van der Waals surface area contributed by atoms with Crippen LogP contribution in [0.2, 0.25) is 0 Å². The van der Waals surface area contributed by atoms with E-state index in [0.29, 0.717) is 17.8 Å². The van der Waals surface area contributed by atoms with Crippen LogP contribution in [0.5, 0.6) is 11.5 Å². The number of piperidine rings is 1. The first-order valence-electron chi connectivity index (χ1n) is 12.5. The maximum atomic E-state index is 13.2. The number of amides is 1. The second-order valence-electron chi connectivity index (χ2n) is 9.93. The summed E-state index contributed by atoms with van der Waals surface area (Å²) in [7, 11) is -3.49. The van der Waals surface area contributed by atoms with Crippen LogP contribution in [0.25, 0.3) is 0 Å². The first-order chi connectivity index (χ1) is 17.0. The lowest BCUT2D eigenvalue weighted by atomic mass is 9.89. The van der Waals surface area contributed by atoms with E-state index in [1.165, 1.54) is 22.0 Å². The molecule has 2 aliphatic rings. The van der Waals surface area contributed by atoms with Crippen molar-refractivity contribution in [3.8, 4) is 11.5 Å². The summed E-state index contributed by atoms with van der Waals surface area (Å²) in [5, 5.41) is 22.1. The average molecular weight is 514 g/mol. The van der Waals surface area contributed by atoms with Crippen molar-refractivity contribution in [1.29, 1.82) is 0 Å². The van der Waals surface area contributed by atoms with E-state index in [-0.39, 0.29) is 49.1 Å². The van der Waals surface area contributed by atoms with Crippen LogP contribution in [0.15, 0.2) is 35.3 Å². The normalized spacial score (nSPS) is 17.9. The highest BCUT2D eigenvalue weighted by Crippen LogP contribution is 2.33. The molecular weight excluding hydrogens is 478 g/mol. The average Bonchev–Trinajstić information content (AvgIpc) is 3.14. The molecule has 4 rings (SSSR count). The minimum absolute atomic E-state index is 0.0312. The smallest absolute Gasteiger partial charge is 0.253 e. The number of carbonyl (C=O) groups excluding carboxylic acids is 1. The third kappa shape index (κ3) is 5.27. The highest BCUT2D eigenvalue weighted by molar-refractivity contribution is 7.89. The Morgan fingerprint density at radius 3 is 2.31 bits per heavy atom. The summed E-state index contributed by atoms with van der Waals surface area (Å²) in [6.45, 7) is 6.73. The van der Waals surface area contributed by atoms with Crippen molar-refractivity contribution in [3.05, 3.63) is 58.1 Å². The van der Waals surface area contributed by atoms with Gasteiger partial charge in [0.25, 0.3) is 5.91 Å². The zero-order valence-electron chi connectivity index (χ0n) is 21.2. The molecule has 194 valence electrons. The van der Waals surface area contributed by atoms with Crippen molar-refractivity contribution in [1.82, 2.24) is 9.62 Å².